The normalized spacial score (nSPS) is 14.8. The van der Waals surface area contributed by atoms with Crippen molar-refractivity contribution in [2.45, 2.75) is 18.8 Å². The van der Waals surface area contributed by atoms with Crippen molar-refractivity contribution in [1.82, 2.24) is 9.88 Å². The van der Waals surface area contributed by atoms with E-state index >= 15 is 0 Å². The molecule has 4 nitrogen and oxygen atoms in total. The van der Waals surface area contributed by atoms with Crippen molar-refractivity contribution in [3.05, 3.63) is 30.1 Å². The second-order valence-electron chi connectivity index (χ2n) is 4.43. The third-order valence-corrected chi connectivity index (χ3v) is 2.83. The molecular weight excluding hydrogens is 204 g/mol. The van der Waals surface area contributed by atoms with Gasteiger partial charge in [0.2, 0.25) is 0 Å². The van der Waals surface area contributed by atoms with E-state index in [1.54, 1.807) is 25.4 Å². The molecule has 0 aliphatic rings. The van der Waals surface area contributed by atoms with E-state index in [0.717, 1.165) is 12.1 Å². The van der Waals surface area contributed by atoms with Gasteiger partial charge in [-0.15, -0.1) is 0 Å². The van der Waals surface area contributed by atoms with Crippen LogP contribution in [-0.4, -0.2) is 41.6 Å². The molecule has 0 aliphatic carbocycles. The Morgan fingerprint density at radius 1 is 1.56 bits per heavy atom. The van der Waals surface area contributed by atoms with Gasteiger partial charge in [0.25, 0.3) is 0 Å². The van der Waals surface area contributed by atoms with E-state index in [2.05, 4.69) is 4.98 Å². The summed E-state index contributed by atoms with van der Waals surface area (Å²) in [6.45, 7) is 2.48. The number of hydrogen-bond acceptors (Lipinski definition) is 3. The number of pyridine rings is 1. The van der Waals surface area contributed by atoms with Crippen molar-refractivity contribution in [1.29, 1.82) is 0 Å². The molecular formula is C12H18N2O2. The minimum atomic E-state index is -0.863. The SMILES string of the molecule is CN(C)CCC(C)(C(=O)O)c1cccnc1. The van der Waals surface area contributed by atoms with Crippen LogP contribution in [0.4, 0.5) is 0 Å². The number of rotatable bonds is 5. The first kappa shape index (κ1) is 12.6. The highest BCUT2D eigenvalue weighted by Crippen LogP contribution is 2.27. The molecule has 0 aromatic carbocycles. The molecule has 0 saturated heterocycles. The van der Waals surface area contributed by atoms with Crippen LogP contribution in [0.15, 0.2) is 24.5 Å². The molecule has 1 aromatic heterocycles. The largest absolute Gasteiger partial charge is 0.481 e. The topological polar surface area (TPSA) is 53.4 Å². The van der Waals surface area contributed by atoms with Crippen LogP contribution >= 0.6 is 0 Å². The van der Waals surface area contributed by atoms with Gasteiger partial charge in [0.15, 0.2) is 0 Å². The Morgan fingerprint density at radius 2 is 2.25 bits per heavy atom. The van der Waals surface area contributed by atoms with Gasteiger partial charge in [0.1, 0.15) is 0 Å². The molecule has 1 rings (SSSR count). The molecule has 1 N–H and O–H groups in total. The number of hydrogen-bond donors (Lipinski definition) is 1. The number of carboxylic acid groups (broad SMARTS) is 1. The van der Waals surface area contributed by atoms with E-state index in [1.165, 1.54) is 0 Å². The quantitative estimate of drug-likeness (QED) is 0.817. The van der Waals surface area contributed by atoms with Gasteiger partial charge in [-0.25, -0.2) is 0 Å². The summed E-state index contributed by atoms with van der Waals surface area (Å²) < 4.78 is 0. The Bertz CT molecular complexity index is 351. The number of aromatic nitrogens is 1. The summed E-state index contributed by atoms with van der Waals surface area (Å²) in [6, 6.07) is 3.59. The van der Waals surface area contributed by atoms with Gasteiger partial charge in [-0.3, -0.25) is 9.78 Å². The van der Waals surface area contributed by atoms with Crippen LogP contribution < -0.4 is 0 Å². The molecule has 1 aromatic rings. The lowest BCUT2D eigenvalue weighted by Gasteiger charge is -2.26. The molecule has 88 valence electrons. The van der Waals surface area contributed by atoms with Crippen LogP contribution in [0.1, 0.15) is 18.9 Å². The Morgan fingerprint density at radius 3 is 2.69 bits per heavy atom. The lowest BCUT2D eigenvalue weighted by molar-refractivity contribution is -0.143. The summed E-state index contributed by atoms with van der Waals surface area (Å²) in [5.41, 5.74) is -0.109. The Balaban J connectivity index is 2.93. The molecule has 0 amide bonds. The van der Waals surface area contributed by atoms with Gasteiger partial charge in [0, 0.05) is 12.4 Å². The second kappa shape index (κ2) is 5.07. The molecule has 0 saturated carbocycles. The number of carboxylic acids is 1. The second-order valence-corrected chi connectivity index (χ2v) is 4.43. The summed E-state index contributed by atoms with van der Waals surface area (Å²) in [7, 11) is 3.87. The van der Waals surface area contributed by atoms with Gasteiger partial charge >= 0.3 is 5.97 Å². The molecule has 1 atom stereocenters. The van der Waals surface area contributed by atoms with E-state index in [4.69, 9.17) is 0 Å². The Kier molecular flexibility index (Phi) is 4.01. The van der Waals surface area contributed by atoms with E-state index < -0.39 is 11.4 Å². The van der Waals surface area contributed by atoms with E-state index in [1.807, 2.05) is 25.1 Å². The van der Waals surface area contributed by atoms with E-state index in [-0.39, 0.29) is 0 Å². The van der Waals surface area contributed by atoms with Gasteiger partial charge in [-0.05, 0) is 45.6 Å². The van der Waals surface area contributed by atoms with Crippen LogP contribution in [0.2, 0.25) is 0 Å². The van der Waals surface area contributed by atoms with Gasteiger partial charge in [-0.2, -0.15) is 0 Å². The molecule has 0 bridgehead atoms. The molecule has 0 aliphatic heterocycles. The van der Waals surface area contributed by atoms with Crippen LogP contribution in [0.5, 0.6) is 0 Å². The highest BCUT2D eigenvalue weighted by atomic mass is 16.4. The fourth-order valence-electron chi connectivity index (χ4n) is 1.51. The summed E-state index contributed by atoms with van der Waals surface area (Å²) >= 11 is 0. The molecule has 0 spiro atoms. The number of aliphatic carboxylic acids is 1. The fraction of sp³-hybridized carbons (Fsp3) is 0.500. The molecule has 0 radical (unpaired) electrons. The molecule has 16 heavy (non-hydrogen) atoms. The Labute approximate surface area is 95.9 Å². The van der Waals surface area contributed by atoms with Crippen LogP contribution in [0.3, 0.4) is 0 Å². The molecule has 4 heteroatoms. The smallest absolute Gasteiger partial charge is 0.313 e. The molecule has 1 heterocycles. The first-order valence-electron chi connectivity index (χ1n) is 5.25. The average Bonchev–Trinajstić information content (AvgIpc) is 2.26. The summed E-state index contributed by atoms with van der Waals surface area (Å²) in [5, 5.41) is 9.35. The summed E-state index contributed by atoms with van der Waals surface area (Å²) in [4.78, 5) is 17.4. The highest BCUT2D eigenvalue weighted by Gasteiger charge is 2.34. The maximum Gasteiger partial charge on any atom is 0.313 e. The zero-order chi connectivity index (χ0) is 12.2. The maximum atomic E-state index is 11.4. The fourth-order valence-corrected chi connectivity index (χ4v) is 1.51. The minimum absolute atomic E-state index is 0.570. The van der Waals surface area contributed by atoms with Crippen molar-refractivity contribution >= 4 is 5.97 Å². The third-order valence-electron chi connectivity index (χ3n) is 2.83. The van der Waals surface area contributed by atoms with Crippen molar-refractivity contribution in [2.75, 3.05) is 20.6 Å². The molecule has 0 fully saturated rings. The van der Waals surface area contributed by atoms with Crippen molar-refractivity contribution in [3.63, 3.8) is 0 Å². The summed E-state index contributed by atoms with van der Waals surface area (Å²) in [5.74, 6) is -0.803. The lowest BCUT2D eigenvalue weighted by atomic mass is 9.80. The van der Waals surface area contributed by atoms with Gasteiger partial charge < -0.3 is 10.0 Å². The highest BCUT2D eigenvalue weighted by molar-refractivity contribution is 5.80. The monoisotopic (exact) mass is 222 g/mol. The van der Waals surface area contributed by atoms with Crippen LogP contribution in [-0.2, 0) is 10.2 Å². The predicted molar refractivity (Wildman–Crippen MR) is 62.4 cm³/mol. The summed E-state index contributed by atoms with van der Waals surface area (Å²) in [6.07, 6.45) is 3.85. The first-order chi connectivity index (χ1) is 7.47. The first-order valence-corrected chi connectivity index (χ1v) is 5.25. The predicted octanol–water partition coefficient (Wildman–Crippen LogP) is 1.38. The van der Waals surface area contributed by atoms with Crippen LogP contribution in [0.25, 0.3) is 0 Å². The zero-order valence-electron chi connectivity index (χ0n) is 9.97. The van der Waals surface area contributed by atoms with Crippen molar-refractivity contribution < 1.29 is 9.90 Å². The molecule has 1 unspecified atom stereocenters. The average molecular weight is 222 g/mol. The van der Waals surface area contributed by atoms with Crippen LogP contribution in [0, 0.1) is 0 Å². The third kappa shape index (κ3) is 2.79. The maximum absolute atomic E-state index is 11.4. The van der Waals surface area contributed by atoms with E-state index in [0.29, 0.717) is 6.42 Å². The van der Waals surface area contributed by atoms with Gasteiger partial charge in [0.05, 0.1) is 5.41 Å². The minimum Gasteiger partial charge on any atom is -0.481 e. The van der Waals surface area contributed by atoms with Crippen molar-refractivity contribution in [3.8, 4) is 0 Å². The van der Waals surface area contributed by atoms with E-state index in [9.17, 15) is 9.90 Å². The lowest BCUT2D eigenvalue weighted by Crippen LogP contribution is -2.35. The number of carbonyl (C=O) groups is 1. The van der Waals surface area contributed by atoms with Gasteiger partial charge in [-0.1, -0.05) is 6.07 Å². The standard InChI is InChI=1S/C12H18N2O2/c1-12(11(15)16,6-8-14(2)3)10-5-4-7-13-9-10/h4-5,7,9H,6,8H2,1-3H3,(H,15,16). The Hall–Kier alpha value is -1.42. The van der Waals surface area contributed by atoms with Crippen molar-refractivity contribution in [2.24, 2.45) is 0 Å². The zero-order valence-corrected chi connectivity index (χ0v) is 9.97. The number of nitrogens with zero attached hydrogens (tertiary/aromatic N) is 2.